The highest BCUT2D eigenvalue weighted by Crippen LogP contribution is 2.13. The van der Waals surface area contributed by atoms with Crippen LogP contribution in [0.4, 0.5) is 0 Å². The second-order valence-corrected chi connectivity index (χ2v) is 6.04. The molecule has 0 aliphatic heterocycles. The summed E-state index contributed by atoms with van der Waals surface area (Å²) >= 11 is 5.69. The zero-order valence-corrected chi connectivity index (χ0v) is 13.3. The third-order valence-electron chi connectivity index (χ3n) is 2.70. The fraction of sp³-hybridized carbons (Fsp3) is 0.500. The van der Waals surface area contributed by atoms with Gasteiger partial charge in [0.15, 0.2) is 0 Å². The average molecular weight is 317 g/mol. The molecule has 1 aromatic carbocycles. The van der Waals surface area contributed by atoms with E-state index in [1.807, 2.05) is 24.3 Å². The Labute approximate surface area is 127 Å². The highest BCUT2D eigenvalue weighted by Gasteiger charge is 2.06. The summed E-state index contributed by atoms with van der Waals surface area (Å²) in [6.45, 7) is 0.836. The van der Waals surface area contributed by atoms with Gasteiger partial charge in [0.05, 0.1) is 5.71 Å². The molecular weight excluding hydrogens is 296 g/mol. The summed E-state index contributed by atoms with van der Waals surface area (Å²) < 4.78 is 11.4. The molecule has 0 saturated carbocycles. The van der Waals surface area contributed by atoms with Crippen molar-refractivity contribution in [3.63, 3.8) is 0 Å². The number of oxime groups is 1. The number of hydrogen-bond acceptors (Lipinski definition) is 4. The van der Waals surface area contributed by atoms with E-state index in [2.05, 4.69) is 5.16 Å². The SMILES string of the molecule is CS(=O)c1ccc(C(CCCCCl)=NOCCN)cc1. The van der Waals surface area contributed by atoms with Gasteiger partial charge in [0.25, 0.3) is 0 Å². The number of nitrogens with zero attached hydrogens (tertiary/aromatic N) is 1. The highest BCUT2D eigenvalue weighted by molar-refractivity contribution is 7.84. The number of halogens is 1. The van der Waals surface area contributed by atoms with E-state index in [9.17, 15) is 4.21 Å². The Morgan fingerprint density at radius 3 is 2.60 bits per heavy atom. The van der Waals surface area contributed by atoms with Gasteiger partial charge in [-0.3, -0.25) is 4.21 Å². The van der Waals surface area contributed by atoms with Gasteiger partial charge < -0.3 is 10.6 Å². The topological polar surface area (TPSA) is 64.7 Å². The Balaban J connectivity index is 2.79. The largest absolute Gasteiger partial charge is 0.394 e. The summed E-state index contributed by atoms with van der Waals surface area (Å²) in [5.41, 5.74) is 7.23. The molecule has 0 fully saturated rings. The van der Waals surface area contributed by atoms with Crippen LogP contribution in [0.25, 0.3) is 0 Å². The van der Waals surface area contributed by atoms with Crippen molar-refractivity contribution in [1.29, 1.82) is 0 Å². The molecule has 2 N–H and O–H groups in total. The van der Waals surface area contributed by atoms with Gasteiger partial charge in [-0.05, 0) is 37.0 Å². The van der Waals surface area contributed by atoms with Gasteiger partial charge in [0.1, 0.15) is 6.61 Å². The van der Waals surface area contributed by atoms with Gasteiger partial charge in [-0.1, -0.05) is 17.3 Å². The summed E-state index contributed by atoms with van der Waals surface area (Å²) in [5, 5.41) is 4.15. The van der Waals surface area contributed by atoms with Gasteiger partial charge >= 0.3 is 0 Å². The van der Waals surface area contributed by atoms with Gasteiger partial charge in [-0.2, -0.15) is 0 Å². The smallest absolute Gasteiger partial charge is 0.129 e. The van der Waals surface area contributed by atoms with E-state index in [0.29, 0.717) is 19.0 Å². The lowest BCUT2D eigenvalue weighted by molar-refractivity contribution is 0.152. The lowest BCUT2D eigenvalue weighted by Crippen LogP contribution is -2.08. The number of nitrogens with two attached hydrogens (primary N) is 1. The van der Waals surface area contributed by atoms with Crippen molar-refractivity contribution in [3.8, 4) is 0 Å². The van der Waals surface area contributed by atoms with Crippen molar-refractivity contribution < 1.29 is 9.05 Å². The van der Waals surface area contributed by atoms with Crippen LogP contribution in [0.1, 0.15) is 24.8 Å². The molecule has 0 bridgehead atoms. The molecule has 0 aliphatic rings. The van der Waals surface area contributed by atoms with Crippen LogP contribution >= 0.6 is 11.6 Å². The van der Waals surface area contributed by atoms with Gasteiger partial charge in [0.2, 0.25) is 0 Å². The van der Waals surface area contributed by atoms with Crippen molar-refractivity contribution in [2.45, 2.75) is 24.2 Å². The molecule has 1 rings (SSSR count). The summed E-state index contributed by atoms with van der Waals surface area (Å²) in [5.74, 6) is 0.644. The molecule has 112 valence electrons. The Kier molecular flexibility index (Phi) is 8.49. The van der Waals surface area contributed by atoms with Crippen molar-refractivity contribution in [1.82, 2.24) is 0 Å². The van der Waals surface area contributed by atoms with E-state index in [1.54, 1.807) is 6.26 Å². The predicted octanol–water partition coefficient (Wildman–Crippen LogP) is 2.51. The lowest BCUT2D eigenvalue weighted by Gasteiger charge is -2.07. The third-order valence-corrected chi connectivity index (χ3v) is 3.90. The molecule has 0 radical (unpaired) electrons. The van der Waals surface area contributed by atoms with Crippen molar-refractivity contribution in [3.05, 3.63) is 29.8 Å². The van der Waals surface area contributed by atoms with E-state index >= 15 is 0 Å². The standard InChI is InChI=1S/C14H21ClN2O2S/c1-20(18)13-7-5-12(6-8-13)14(4-2-3-9-15)17-19-11-10-16/h5-8H,2-4,9-11,16H2,1H3. The molecule has 0 spiro atoms. The number of unbranched alkanes of at least 4 members (excludes halogenated alkanes) is 1. The molecule has 1 atom stereocenters. The molecular formula is C14H21ClN2O2S. The Morgan fingerprint density at radius 2 is 2.05 bits per heavy atom. The molecule has 20 heavy (non-hydrogen) atoms. The van der Waals surface area contributed by atoms with Crippen LogP contribution in [0.5, 0.6) is 0 Å². The Bertz CT molecular complexity index is 449. The number of hydrogen-bond donors (Lipinski definition) is 1. The van der Waals surface area contributed by atoms with Crippen LogP contribution in [-0.2, 0) is 15.6 Å². The minimum Gasteiger partial charge on any atom is -0.394 e. The summed E-state index contributed by atoms with van der Waals surface area (Å²) in [7, 11) is -0.969. The first-order valence-corrected chi connectivity index (χ1v) is 8.67. The summed E-state index contributed by atoms with van der Waals surface area (Å²) in [4.78, 5) is 5.98. The van der Waals surface area contributed by atoms with Crippen LogP contribution in [0.3, 0.4) is 0 Å². The molecule has 0 heterocycles. The molecule has 1 aromatic rings. The fourth-order valence-electron chi connectivity index (χ4n) is 1.64. The molecule has 0 amide bonds. The maximum atomic E-state index is 11.4. The van der Waals surface area contributed by atoms with Crippen LogP contribution in [-0.4, -0.2) is 35.2 Å². The molecule has 0 aliphatic carbocycles. The zero-order chi connectivity index (χ0) is 14.8. The normalized spacial score (nSPS) is 13.2. The lowest BCUT2D eigenvalue weighted by atomic mass is 10.1. The average Bonchev–Trinajstić information content (AvgIpc) is 2.46. The van der Waals surface area contributed by atoms with Crippen LogP contribution in [0, 0.1) is 0 Å². The van der Waals surface area contributed by atoms with Gasteiger partial charge in [0, 0.05) is 34.4 Å². The number of rotatable bonds is 9. The molecule has 0 saturated heterocycles. The highest BCUT2D eigenvalue weighted by atomic mass is 35.5. The monoisotopic (exact) mass is 316 g/mol. The van der Waals surface area contributed by atoms with Crippen LogP contribution < -0.4 is 5.73 Å². The third kappa shape index (κ3) is 6.03. The fourth-order valence-corrected chi connectivity index (χ4v) is 2.35. The second-order valence-electron chi connectivity index (χ2n) is 4.28. The number of benzene rings is 1. The van der Waals surface area contributed by atoms with E-state index < -0.39 is 10.8 Å². The van der Waals surface area contributed by atoms with Gasteiger partial charge in [-0.15, -0.1) is 11.6 Å². The van der Waals surface area contributed by atoms with E-state index in [1.165, 1.54) is 0 Å². The van der Waals surface area contributed by atoms with Crippen molar-refractivity contribution in [2.75, 3.05) is 25.3 Å². The van der Waals surface area contributed by atoms with Crippen LogP contribution in [0.2, 0.25) is 0 Å². The first kappa shape index (κ1) is 17.1. The summed E-state index contributed by atoms with van der Waals surface area (Å²) in [6, 6.07) is 7.54. The Morgan fingerprint density at radius 1 is 1.35 bits per heavy atom. The van der Waals surface area contributed by atoms with E-state index in [-0.39, 0.29) is 0 Å². The summed E-state index contributed by atoms with van der Waals surface area (Å²) in [6.07, 6.45) is 4.35. The maximum absolute atomic E-state index is 11.4. The first-order chi connectivity index (χ1) is 9.69. The Hall–Kier alpha value is -0.910. The maximum Gasteiger partial charge on any atom is 0.129 e. The molecule has 1 unspecified atom stereocenters. The number of alkyl halides is 1. The minimum absolute atomic E-state index is 0.399. The second kappa shape index (κ2) is 9.91. The molecule has 0 aromatic heterocycles. The minimum atomic E-state index is -0.969. The molecule has 6 heteroatoms. The quantitative estimate of drug-likeness (QED) is 0.329. The van der Waals surface area contributed by atoms with Crippen LogP contribution in [0.15, 0.2) is 34.3 Å². The van der Waals surface area contributed by atoms with Crippen molar-refractivity contribution >= 4 is 28.1 Å². The first-order valence-electron chi connectivity index (χ1n) is 6.57. The van der Waals surface area contributed by atoms with E-state index in [0.717, 1.165) is 35.4 Å². The van der Waals surface area contributed by atoms with E-state index in [4.69, 9.17) is 22.2 Å². The van der Waals surface area contributed by atoms with Crippen molar-refractivity contribution in [2.24, 2.45) is 10.9 Å². The van der Waals surface area contributed by atoms with Gasteiger partial charge in [-0.25, -0.2) is 0 Å². The molecule has 4 nitrogen and oxygen atoms in total. The zero-order valence-electron chi connectivity index (χ0n) is 11.7. The predicted molar refractivity (Wildman–Crippen MR) is 84.9 cm³/mol.